The van der Waals surface area contributed by atoms with Crippen LogP contribution in [0.4, 0.5) is 0 Å². The molecule has 1 fully saturated rings. The number of nitrogens with zero attached hydrogens (tertiary/aromatic N) is 1. The highest BCUT2D eigenvalue weighted by Crippen LogP contribution is 2.17. The van der Waals surface area contributed by atoms with Crippen molar-refractivity contribution in [3.63, 3.8) is 0 Å². The molecule has 17 heavy (non-hydrogen) atoms. The van der Waals surface area contributed by atoms with E-state index in [0.717, 1.165) is 19.4 Å². The van der Waals surface area contributed by atoms with Crippen LogP contribution in [-0.2, 0) is 4.79 Å². The van der Waals surface area contributed by atoms with E-state index in [0.29, 0.717) is 12.3 Å². The van der Waals surface area contributed by atoms with Gasteiger partial charge in [-0.1, -0.05) is 26.2 Å². The average molecular weight is 241 g/mol. The van der Waals surface area contributed by atoms with Gasteiger partial charge in [0.05, 0.1) is 0 Å². The fourth-order valence-corrected chi connectivity index (χ4v) is 2.61. The van der Waals surface area contributed by atoms with E-state index in [9.17, 15) is 4.79 Å². The third-order valence-electron chi connectivity index (χ3n) is 3.90. The number of hydrogen-bond acceptors (Lipinski definition) is 2. The molecule has 1 rings (SSSR count). The molecule has 0 saturated carbocycles. The third kappa shape index (κ3) is 6.67. The first-order valence-electron chi connectivity index (χ1n) is 7.16. The molecule has 0 spiro atoms. The van der Waals surface area contributed by atoms with Gasteiger partial charge in [-0.3, -0.25) is 4.79 Å². The molecule has 1 unspecified atom stereocenters. The van der Waals surface area contributed by atoms with Gasteiger partial charge >= 0.3 is 5.97 Å². The lowest BCUT2D eigenvalue weighted by atomic mass is 9.96. The average Bonchev–Trinajstić information content (AvgIpc) is 2.57. The Morgan fingerprint density at radius 2 is 1.82 bits per heavy atom. The zero-order valence-corrected chi connectivity index (χ0v) is 11.2. The van der Waals surface area contributed by atoms with Gasteiger partial charge in [0.1, 0.15) is 0 Å². The zero-order valence-electron chi connectivity index (χ0n) is 11.2. The van der Waals surface area contributed by atoms with Gasteiger partial charge in [-0.15, -0.1) is 0 Å². The smallest absolute Gasteiger partial charge is 0.303 e. The van der Waals surface area contributed by atoms with Gasteiger partial charge in [-0.05, 0) is 51.2 Å². The van der Waals surface area contributed by atoms with Crippen molar-refractivity contribution in [2.75, 3.05) is 19.6 Å². The van der Waals surface area contributed by atoms with Gasteiger partial charge in [0.25, 0.3) is 0 Å². The van der Waals surface area contributed by atoms with E-state index in [1.165, 1.54) is 45.2 Å². The molecule has 1 atom stereocenters. The number of aliphatic carboxylic acids is 1. The van der Waals surface area contributed by atoms with Gasteiger partial charge in [-0.2, -0.15) is 0 Å². The molecular weight excluding hydrogens is 214 g/mol. The highest BCUT2D eigenvalue weighted by Gasteiger charge is 2.13. The summed E-state index contributed by atoms with van der Waals surface area (Å²) >= 11 is 0. The maximum Gasteiger partial charge on any atom is 0.303 e. The van der Waals surface area contributed by atoms with Crippen LogP contribution in [0.1, 0.15) is 58.3 Å². The summed E-state index contributed by atoms with van der Waals surface area (Å²) in [5, 5.41) is 8.70. The lowest BCUT2D eigenvalue weighted by molar-refractivity contribution is -0.137. The van der Waals surface area contributed by atoms with Gasteiger partial charge in [0, 0.05) is 6.42 Å². The lowest BCUT2D eigenvalue weighted by Crippen LogP contribution is -2.27. The molecule has 1 aliphatic rings. The maximum absolute atomic E-state index is 10.6. The Kier molecular flexibility index (Phi) is 7.25. The number of hydrogen-bond donors (Lipinski definition) is 1. The van der Waals surface area contributed by atoms with Crippen molar-refractivity contribution in [2.45, 2.75) is 58.3 Å². The van der Waals surface area contributed by atoms with E-state index in [1.54, 1.807) is 0 Å². The molecule has 1 N–H and O–H groups in total. The molecule has 3 heteroatoms. The van der Waals surface area contributed by atoms with Crippen molar-refractivity contribution in [3.8, 4) is 0 Å². The summed E-state index contributed by atoms with van der Waals surface area (Å²) in [5.41, 5.74) is 0. The Labute approximate surface area is 105 Å². The number of likely N-dealkylation sites (tertiary alicyclic amines) is 1. The first-order chi connectivity index (χ1) is 8.22. The SMILES string of the molecule is CCC(CCC(=O)O)CCN1CCCCCC1. The summed E-state index contributed by atoms with van der Waals surface area (Å²) < 4.78 is 0. The largest absolute Gasteiger partial charge is 0.481 e. The van der Waals surface area contributed by atoms with Crippen LogP contribution in [0, 0.1) is 5.92 Å². The topological polar surface area (TPSA) is 40.5 Å². The molecule has 0 aromatic rings. The van der Waals surface area contributed by atoms with Crippen LogP contribution in [0.2, 0.25) is 0 Å². The number of carboxylic acids is 1. The minimum Gasteiger partial charge on any atom is -0.481 e. The molecule has 0 amide bonds. The molecule has 100 valence electrons. The second-order valence-corrected chi connectivity index (χ2v) is 5.25. The Morgan fingerprint density at radius 3 is 2.35 bits per heavy atom. The number of carbonyl (C=O) groups is 1. The summed E-state index contributed by atoms with van der Waals surface area (Å²) in [5.74, 6) is -0.0624. The molecule has 0 radical (unpaired) electrons. The molecule has 0 aliphatic carbocycles. The van der Waals surface area contributed by atoms with Crippen molar-refractivity contribution in [1.82, 2.24) is 4.90 Å². The summed E-state index contributed by atoms with van der Waals surface area (Å²) in [4.78, 5) is 13.1. The minimum atomic E-state index is -0.654. The first-order valence-corrected chi connectivity index (χ1v) is 7.16. The fourth-order valence-electron chi connectivity index (χ4n) is 2.61. The first kappa shape index (κ1) is 14.5. The Hall–Kier alpha value is -0.570. The van der Waals surface area contributed by atoms with Gasteiger partial charge < -0.3 is 10.0 Å². The van der Waals surface area contributed by atoms with Crippen molar-refractivity contribution in [3.05, 3.63) is 0 Å². The van der Waals surface area contributed by atoms with E-state index in [-0.39, 0.29) is 0 Å². The normalized spacial score (nSPS) is 19.8. The highest BCUT2D eigenvalue weighted by molar-refractivity contribution is 5.66. The van der Waals surface area contributed by atoms with E-state index in [4.69, 9.17) is 5.11 Å². The lowest BCUT2D eigenvalue weighted by Gasteiger charge is -2.22. The molecular formula is C14H27NO2. The third-order valence-corrected chi connectivity index (χ3v) is 3.90. The molecule has 0 bridgehead atoms. The van der Waals surface area contributed by atoms with Crippen LogP contribution in [0.3, 0.4) is 0 Å². The van der Waals surface area contributed by atoms with Crippen LogP contribution >= 0.6 is 0 Å². The van der Waals surface area contributed by atoms with Crippen LogP contribution in [0.5, 0.6) is 0 Å². The van der Waals surface area contributed by atoms with E-state index < -0.39 is 5.97 Å². The minimum absolute atomic E-state index is 0.332. The van der Waals surface area contributed by atoms with E-state index in [1.807, 2.05) is 0 Å². The van der Waals surface area contributed by atoms with E-state index in [2.05, 4.69) is 11.8 Å². The molecule has 1 heterocycles. The Bertz CT molecular complexity index is 210. The molecule has 0 aromatic heterocycles. The summed E-state index contributed by atoms with van der Waals surface area (Å²) in [6, 6.07) is 0. The number of rotatable bonds is 7. The predicted octanol–water partition coefficient (Wildman–Crippen LogP) is 3.14. The quantitative estimate of drug-likeness (QED) is 0.744. The van der Waals surface area contributed by atoms with Gasteiger partial charge in [0.15, 0.2) is 0 Å². The summed E-state index contributed by atoms with van der Waals surface area (Å²) in [7, 11) is 0. The fraction of sp³-hybridized carbons (Fsp3) is 0.929. The number of carboxylic acid groups (broad SMARTS) is 1. The Balaban J connectivity index is 2.18. The molecule has 1 aliphatic heterocycles. The second kappa shape index (κ2) is 8.51. The van der Waals surface area contributed by atoms with Crippen molar-refractivity contribution in [1.29, 1.82) is 0 Å². The van der Waals surface area contributed by atoms with Crippen LogP contribution in [0.15, 0.2) is 0 Å². The van der Waals surface area contributed by atoms with Gasteiger partial charge in [0.2, 0.25) is 0 Å². The zero-order chi connectivity index (χ0) is 12.5. The summed E-state index contributed by atoms with van der Waals surface area (Å²) in [6.07, 6.45) is 8.90. The van der Waals surface area contributed by atoms with Crippen molar-refractivity contribution in [2.24, 2.45) is 5.92 Å². The molecule has 3 nitrogen and oxygen atoms in total. The van der Waals surface area contributed by atoms with Gasteiger partial charge in [-0.25, -0.2) is 0 Å². The van der Waals surface area contributed by atoms with Crippen LogP contribution < -0.4 is 0 Å². The standard InChI is InChI=1S/C14H27NO2/c1-2-13(7-8-14(16)17)9-12-15-10-5-3-4-6-11-15/h13H,2-12H2,1H3,(H,16,17). The monoisotopic (exact) mass is 241 g/mol. The molecule has 0 aromatic carbocycles. The predicted molar refractivity (Wildman–Crippen MR) is 70.2 cm³/mol. The van der Waals surface area contributed by atoms with Crippen molar-refractivity contribution < 1.29 is 9.90 Å². The second-order valence-electron chi connectivity index (χ2n) is 5.25. The Morgan fingerprint density at radius 1 is 1.18 bits per heavy atom. The van der Waals surface area contributed by atoms with Crippen molar-refractivity contribution >= 4 is 5.97 Å². The van der Waals surface area contributed by atoms with E-state index >= 15 is 0 Å². The van der Waals surface area contributed by atoms with Crippen LogP contribution in [-0.4, -0.2) is 35.6 Å². The highest BCUT2D eigenvalue weighted by atomic mass is 16.4. The molecule has 1 saturated heterocycles. The summed E-state index contributed by atoms with van der Waals surface area (Å²) in [6.45, 7) is 5.83. The maximum atomic E-state index is 10.6. The van der Waals surface area contributed by atoms with Crippen LogP contribution in [0.25, 0.3) is 0 Å².